The first-order valence-electron chi connectivity index (χ1n) is 3.25. The molecule has 0 bridgehead atoms. The third kappa shape index (κ3) is 2.73. The molecule has 1 nitrogen and oxygen atoms in total. The number of alkyl halides is 3. The fourth-order valence-corrected chi connectivity index (χ4v) is 1.83. The second-order valence-corrected chi connectivity index (χ2v) is 4.42. The Kier molecular flexibility index (Phi) is 4.31. The van der Waals surface area contributed by atoms with Crippen LogP contribution in [0.3, 0.4) is 0 Å². The Hall–Kier alpha value is 0.510. The van der Waals surface area contributed by atoms with Crippen molar-refractivity contribution in [2.45, 2.75) is 12.3 Å². The zero-order valence-electron chi connectivity index (χ0n) is 6.20. The molecule has 0 N–H and O–H groups in total. The van der Waals surface area contributed by atoms with Crippen LogP contribution in [0, 0.1) is 3.57 Å². The summed E-state index contributed by atoms with van der Waals surface area (Å²) in [6, 6.07) is 1.60. The summed E-state index contributed by atoms with van der Waals surface area (Å²) in [6.45, 7) is 0. The Morgan fingerprint density at radius 1 is 1.62 bits per heavy atom. The van der Waals surface area contributed by atoms with E-state index in [1.54, 1.807) is 6.07 Å². The fourth-order valence-electron chi connectivity index (χ4n) is 0.813. The molecule has 0 aromatic carbocycles. The van der Waals surface area contributed by atoms with Crippen molar-refractivity contribution in [1.82, 2.24) is 4.98 Å². The fraction of sp³-hybridized carbons (Fsp3) is 0.286. The lowest BCUT2D eigenvalue weighted by molar-refractivity contribution is 0.145. The molecule has 0 atom stereocenters. The van der Waals surface area contributed by atoms with E-state index in [4.69, 9.17) is 11.6 Å². The van der Waals surface area contributed by atoms with Gasteiger partial charge in [0.05, 0.1) is 0 Å². The summed E-state index contributed by atoms with van der Waals surface area (Å²) in [7, 11) is 0. The molecule has 0 radical (unpaired) electrons. The molecule has 0 spiro atoms. The first kappa shape index (κ1) is 11.6. The van der Waals surface area contributed by atoms with E-state index in [2.05, 4.69) is 20.9 Å². The van der Waals surface area contributed by atoms with Gasteiger partial charge in [0.2, 0.25) is 0 Å². The molecule has 6 heteroatoms. The molecule has 0 unspecified atom stereocenters. The van der Waals surface area contributed by atoms with Gasteiger partial charge in [0.25, 0.3) is 6.43 Å². The van der Waals surface area contributed by atoms with Gasteiger partial charge in [-0.2, -0.15) is 0 Å². The number of halogens is 5. The van der Waals surface area contributed by atoms with E-state index < -0.39 is 6.43 Å². The smallest absolute Gasteiger partial charge is 0.238 e. The molecule has 1 rings (SSSR count). The second kappa shape index (κ2) is 4.84. The number of hydrogen-bond donors (Lipinski definition) is 0. The molecule has 0 saturated carbocycles. The lowest BCUT2D eigenvalue weighted by Gasteiger charge is -2.06. The maximum absolute atomic E-state index is 12.4. The van der Waals surface area contributed by atoms with E-state index in [1.165, 1.54) is 0 Å². The van der Waals surface area contributed by atoms with Crippen LogP contribution in [0.4, 0.5) is 8.78 Å². The third-order valence-corrected chi connectivity index (χ3v) is 3.85. The van der Waals surface area contributed by atoms with Gasteiger partial charge in [-0.05, 0) is 50.2 Å². The van der Waals surface area contributed by atoms with Crippen LogP contribution in [-0.4, -0.2) is 4.98 Å². The van der Waals surface area contributed by atoms with Gasteiger partial charge in [0.1, 0.15) is 10.3 Å². The van der Waals surface area contributed by atoms with E-state index in [9.17, 15) is 8.78 Å². The zero-order valence-corrected chi connectivity index (χ0v) is 10.7. The van der Waals surface area contributed by atoms with Crippen LogP contribution in [0.15, 0.2) is 10.7 Å². The summed E-state index contributed by atoms with van der Waals surface area (Å²) in [5.41, 5.74) is 0.131. The Morgan fingerprint density at radius 3 is 2.69 bits per heavy atom. The van der Waals surface area contributed by atoms with E-state index in [1.807, 2.05) is 22.6 Å². The van der Waals surface area contributed by atoms with Crippen LogP contribution in [0.2, 0.25) is 0 Å². The number of nitrogens with zero attached hydrogens (tertiary/aromatic N) is 1. The van der Waals surface area contributed by atoms with Gasteiger partial charge in [-0.1, -0.05) is 0 Å². The Balaban J connectivity index is 3.25. The molecule has 0 saturated heterocycles. The van der Waals surface area contributed by atoms with Crippen molar-refractivity contribution in [3.8, 4) is 0 Å². The highest BCUT2D eigenvalue weighted by molar-refractivity contribution is 14.1. The molecular formula is C7H4BrClF2IN. The largest absolute Gasteiger partial charge is 0.280 e. The van der Waals surface area contributed by atoms with Crippen LogP contribution in [0.25, 0.3) is 0 Å². The summed E-state index contributed by atoms with van der Waals surface area (Å²) < 4.78 is 26.0. The lowest BCUT2D eigenvalue weighted by atomic mass is 10.2. The molecule has 0 amide bonds. The Labute approximate surface area is 101 Å². The van der Waals surface area contributed by atoms with Crippen molar-refractivity contribution in [2.75, 3.05) is 0 Å². The van der Waals surface area contributed by atoms with Crippen LogP contribution in [0.5, 0.6) is 0 Å². The van der Waals surface area contributed by atoms with Gasteiger partial charge in [0.15, 0.2) is 0 Å². The van der Waals surface area contributed by atoms with Gasteiger partial charge >= 0.3 is 0 Å². The van der Waals surface area contributed by atoms with Crippen LogP contribution in [0.1, 0.15) is 17.7 Å². The summed E-state index contributed by atoms with van der Waals surface area (Å²) in [5.74, 6) is 0.0515. The van der Waals surface area contributed by atoms with Crippen molar-refractivity contribution in [3.05, 3.63) is 25.5 Å². The zero-order chi connectivity index (χ0) is 10.0. The highest BCUT2D eigenvalue weighted by atomic mass is 127. The van der Waals surface area contributed by atoms with Gasteiger partial charge in [-0.15, -0.1) is 11.6 Å². The van der Waals surface area contributed by atoms with Crippen LogP contribution >= 0.6 is 50.1 Å². The molecular weight excluding hydrogens is 378 g/mol. The highest BCUT2D eigenvalue weighted by Crippen LogP contribution is 2.27. The van der Waals surface area contributed by atoms with Crippen molar-refractivity contribution in [1.29, 1.82) is 0 Å². The van der Waals surface area contributed by atoms with E-state index in [0.717, 1.165) is 3.57 Å². The first-order valence-corrected chi connectivity index (χ1v) is 5.65. The topological polar surface area (TPSA) is 12.9 Å². The SMILES string of the molecule is FC(F)c1nc(Br)c(I)cc1CCl. The molecule has 1 aromatic heterocycles. The second-order valence-electron chi connectivity index (χ2n) is 2.24. The van der Waals surface area contributed by atoms with Gasteiger partial charge in [-0.3, -0.25) is 0 Å². The van der Waals surface area contributed by atoms with Gasteiger partial charge < -0.3 is 0 Å². The van der Waals surface area contributed by atoms with Gasteiger partial charge in [0, 0.05) is 9.45 Å². The Morgan fingerprint density at radius 2 is 2.23 bits per heavy atom. The normalized spacial score (nSPS) is 10.9. The number of pyridine rings is 1. The number of hydrogen-bond acceptors (Lipinski definition) is 1. The molecule has 72 valence electrons. The van der Waals surface area contributed by atoms with Crippen LogP contribution in [-0.2, 0) is 5.88 Å². The van der Waals surface area contributed by atoms with Crippen LogP contribution < -0.4 is 0 Å². The minimum Gasteiger partial charge on any atom is -0.238 e. The highest BCUT2D eigenvalue weighted by Gasteiger charge is 2.16. The molecule has 0 aliphatic carbocycles. The molecule has 0 aliphatic heterocycles. The average molecular weight is 382 g/mol. The summed E-state index contributed by atoms with van der Waals surface area (Å²) in [4.78, 5) is 3.72. The van der Waals surface area contributed by atoms with Crippen molar-refractivity contribution >= 4 is 50.1 Å². The third-order valence-electron chi connectivity index (χ3n) is 1.40. The molecule has 1 heterocycles. The maximum Gasteiger partial charge on any atom is 0.280 e. The number of rotatable bonds is 2. The minimum atomic E-state index is -2.58. The summed E-state index contributed by atoms with van der Waals surface area (Å²) in [5, 5.41) is 0. The van der Waals surface area contributed by atoms with Crippen molar-refractivity contribution in [2.24, 2.45) is 0 Å². The average Bonchev–Trinajstić information content (AvgIpc) is 2.08. The predicted molar refractivity (Wildman–Crippen MR) is 59.2 cm³/mol. The molecule has 1 aromatic rings. The first-order chi connectivity index (χ1) is 6.06. The monoisotopic (exact) mass is 381 g/mol. The maximum atomic E-state index is 12.4. The minimum absolute atomic E-state index is 0.0515. The van der Waals surface area contributed by atoms with E-state index >= 15 is 0 Å². The van der Waals surface area contributed by atoms with E-state index in [0.29, 0.717) is 10.2 Å². The number of aromatic nitrogens is 1. The quantitative estimate of drug-likeness (QED) is 0.426. The predicted octanol–water partition coefficient (Wildman–Crippen LogP) is 4.13. The van der Waals surface area contributed by atoms with E-state index in [-0.39, 0.29) is 11.6 Å². The van der Waals surface area contributed by atoms with Gasteiger partial charge in [-0.25, -0.2) is 13.8 Å². The molecule has 0 fully saturated rings. The standard InChI is InChI=1S/C7H4BrClF2IN/c8-6-4(12)1-3(2-9)5(13-6)7(10)11/h1,7H,2H2. The van der Waals surface area contributed by atoms with Crippen molar-refractivity contribution in [3.63, 3.8) is 0 Å². The van der Waals surface area contributed by atoms with Crippen molar-refractivity contribution < 1.29 is 8.78 Å². The molecule has 13 heavy (non-hydrogen) atoms. The Bertz CT molecular complexity index is 322. The molecule has 0 aliphatic rings. The lowest BCUT2D eigenvalue weighted by Crippen LogP contribution is -1.99. The summed E-state index contributed by atoms with van der Waals surface area (Å²) in [6.07, 6.45) is -2.58. The summed E-state index contributed by atoms with van der Waals surface area (Å²) >= 11 is 10.6.